The van der Waals surface area contributed by atoms with Crippen LogP contribution < -0.4 is 4.72 Å². The van der Waals surface area contributed by atoms with E-state index in [2.05, 4.69) is 9.62 Å². The van der Waals surface area contributed by atoms with Crippen LogP contribution in [0.5, 0.6) is 0 Å². The summed E-state index contributed by atoms with van der Waals surface area (Å²) in [7, 11) is -1.76. The Balaban J connectivity index is 2.06. The zero-order valence-electron chi connectivity index (χ0n) is 11.5. The van der Waals surface area contributed by atoms with Gasteiger partial charge in [-0.1, -0.05) is 11.6 Å². The predicted molar refractivity (Wildman–Crippen MR) is 78.6 cm³/mol. The molecule has 1 fully saturated rings. The fraction of sp³-hybridized carbons (Fsp3) is 0.462. The summed E-state index contributed by atoms with van der Waals surface area (Å²) in [5.41, 5.74) is 0.316. The van der Waals surface area contributed by atoms with E-state index < -0.39 is 10.0 Å². The summed E-state index contributed by atoms with van der Waals surface area (Å²) in [5, 5.41) is 8.79. The van der Waals surface area contributed by atoms with E-state index >= 15 is 0 Å². The summed E-state index contributed by atoms with van der Waals surface area (Å²) < 4.78 is 32.5. The van der Waals surface area contributed by atoms with Crippen molar-refractivity contribution in [3.8, 4) is 6.07 Å². The number of ether oxygens (including phenoxy) is 1. The Morgan fingerprint density at radius 1 is 1.57 bits per heavy atom. The molecule has 1 N–H and O–H groups in total. The molecule has 21 heavy (non-hydrogen) atoms. The van der Waals surface area contributed by atoms with E-state index in [1.165, 1.54) is 18.2 Å². The van der Waals surface area contributed by atoms with E-state index in [4.69, 9.17) is 21.6 Å². The highest BCUT2D eigenvalue weighted by Gasteiger charge is 2.23. The molecule has 0 aliphatic carbocycles. The lowest BCUT2D eigenvalue weighted by atomic mass is 10.2. The van der Waals surface area contributed by atoms with Gasteiger partial charge in [0, 0.05) is 19.6 Å². The quantitative estimate of drug-likeness (QED) is 0.884. The summed E-state index contributed by atoms with van der Waals surface area (Å²) in [5.74, 6) is 0. The molecule has 0 amide bonds. The molecule has 1 aliphatic rings. The normalized spacial score (nSPS) is 20.1. The van der Waals surface area contributed by atoms with Gasteiger partial charge in [0.05, 0.1) is 29.4 Å². The molecule has 0 bridgehead atoms. The van der Waals surface area contributed by atoms with Crippen LogP contribution in [0.1, 0.15) is 5.56 Å². The van der Waals surface area contributed by atoms with Crippen LogP contribution in [0.4, 0.5) is 0 Å². The summed E-state index contributed by atoms with van der Waals surface area (Å²) >= 11 is 5.93. The van der Waals surface area contributed by atoms with Gasteiger partial charge in [-0.05, 0) is 25.2 Å². The zero-order valence-corrected chi connectivity index (χ0v) is 13.1. The van der Waals surface area contributed by atoms with Gasteiger partial charge in [-0.15, -0.1) is 0 Å². The highest BCUT2D eigenvalue weighted by molar-refractivity contribution is 7.89. The zero-order chi connectivity index (χ0) is 15.5. The van der Waals surface area contributed by atoms with Crippen molar-refractivity contribution < 1.29 is 13.2 Å². The Labute approximate surface area is 129 Å². The van der Waals surface area contributed by atoms with Crippen LogP contribution in [0.15, 0.2) is 23.1 Å². The molecule has 1 atom stereocenters. The van der Waals surface area contributed by atoms with Crippen LogP contribution >= 0.6 is 11.6 Å². The van der Waals surface area contributed by atoms with Gasteiger partial charge in [0.15, 0.2) is 0 Å². The number of nitrogens with zero attached hydrogens (tertiary/aromatic N) is 2. The van der Waals surface area contributed by atoms with E-state index in [9.17, 15) is 8.42 Å². The van der Waals surface area contributed by atoms with Gasteiger partial charge in [0.25, 0.3) is 0 Å². The van der Waals surface area contributed by atoms with Crippen LogP contribution in [0.3, 0.4) is 0 Å². The largest absolute Gasteiger partial charge is 0.374 e. The first-order valence-corrected chi connectivity index (χ1v) is 8.28. The molecule has 114 valence electrons. The van der Waals surface area contributed by atoms with E-state index in [1.807, 2.05) is 13.1 Å². The fourth-order valence-corrected chi connectivity index (χ4v) is 3.67. The Bertz CT molecular complexity index is 657. The van der Waals surface area contributed by atoms with Gasteiger partial charge in [-0.2, -0.15) is 5.26 Å². The van der Waals surface area contributed by atoms with Crippen LogP contribution in [0, 0.1) is 11.3 Å². The van der Waals surface area contributed by atoms with Gasteiger partial charge in [0.1, 0.15) is 4.90 Å². The Morgan fingerprint density at radius 2 is 2.33 bits per heavy atom. The van der Waals surface area contributed by atoms with Crippen molar-refractivity contribution in [1.29, 1.82) is 5.26 Å². The maximum atomic E-state index is 12.2. The number of nitriles is 1. The minimum absolute atomic E-state index is 0.0308. The molecular weight excluding hydrogens is 314 g/mol. The highest BCUT2D eigenvalue weighted by Crippen LogP contribution is 2.22. The standard InChI is InChI=1S/C13H16ClN3O3S/c1-17-4-5-20-11(9-17)8-16-21(18,19)13-3-2-10(7-15)6-12(13)14/h2-3,6,11,16H,4-5,8-9H2,1H3. The van der Waals surface area contributed by atoms with Gasteiger partial charge in [-0.3, -0.25) is 0 Å². The first-order chi connectivity index (χ1) is 9.92. The molecule has 0 spiro atoms. The molecule has 1 saturated heterocycles. The van der Waals surface area contributed by atoms with Gasteiger partial charge >= 0.3 is 0 Å². The van der Waals surface area contributed by atoms with Crippen molar-refractivity contribution in [2.75, 3.05) is 33.3 Å². The highest BCUT2D eigenvalue weighted by atomic mass is 35.5. The molecule has 1 aliphatic heterocycles. The van der Waals surface area contributed by atoms with Crippen LogP contribution in [0.25, 0.3) is 0 Å². The number of morpholine rings is 1. The lowest BCUT2D eigenvalue weighted by Gasteiger charge is -2.30. The fourth-order valence-electron chi connectivity index (χ4n) is 2.06. The van der Waals surface area contributed by atoms with Gasteiger partial charge in [-0.25, -0.2) is 13.1 Å². The molecule has 0 saturated carbocycles. The first kappa shape index (κ1) is 16.2. The molecule has 1 heterocycles. The number of likely N-dealkylation sites (N-methyl/N-ethyl adjacent to an activating group) is 1. The van der Waals surface area contributed by atoms with Crippen LogP contribution in [-0.4, -0.2) is 52.7 Å². The Kier molecular flexibility index (Phi) is 5.19. The lowest BCUT2D eigenvalue weighted by molar-refractivity contribution is -0.0156. The number of halogens is 1. The summed E-state index contributed by atoms with van der Waals surface area (Å²) in [6.07, 6.45) is -0.185. The molecule has 8 heteroatoms. The van der Waals surface area contributed by atoms with Crippen molar-refractivity contribution in [3.05, 3.63) is 28.8 Å². The summed E-state index contributed by atoms with van der Waals surface area (Å²) in [6, 6.07) is 6.00. The van der Waals surface area contributed by atoms with Crippen molar-refractivity contribution in [2.45, 2.75) is 11.0 Å². The minimum atomic E-state index is -3.72. The monoisotopic (exact) mass is 329 g/mol. The predicted octanol–water partition coefficient (Wildman–Crippen LogP) is 0.821. The topological polar surface area (TPSA) is 82.4 Å². The third-order valence-corrected chi connectivity index (χ3v) is 5.10. The number of hydrogen-bond acceptors (Lipinski definition) is 5. The van der Waals surface area contributed by atoms with E-state index in [0.717, 1.165) is 6.54 Å². The van der Waals surface area contributed by atoms with Crippen molar-refractivity contribution in [2.24, 2.45) is 0 Å². The lowest BCUT2D eigenvalue weighted by Crippen LogP contribution is -2.45. The third-order valence-electron chi connectivity index (χ3n) is 3.19. The SMILES string of the molecule is CN1CCOC(CNS(=O)(=O)c2ccc(C#N)cc2Cl)C1. The van der Waals surface area contributed by atoms with Gasteiger partial charge in [0.2, 0.25) is 10.0 Å². The first-order valence-electron chi connectivity index (χ1n) is 6.42. The molecule has 1 aromatic rings. The molecule has 2 rings (SSSR count). The molecule has 1 aromatic carbocycles. The summed E-state index contributed by atoms with van der Waals surface area (Å²) in [4.78, 5) is 2.05. The molecule has 0 radical (unpaired) electrons. The molecule has 6 nitrogen and oxygen atoms in total. The number of nitrogens with one attached hydrogen (secondary N) is 1. The summed E-state index contributed by atoms with van der Waals surface area (Å²) in [6.45, 7) is 2.28. The number of rotatable bonds is 4. The second kappa shape index (κ2) is 6.73. The molecule has 1 unspecified atom stereocenters. The van der Waals surface area contributed by atoms with Crippen molar-refractivity contribution in [3.63, 3.8) is 0 Å². The third kappa shape index (κ3) is 4.15. The second-order valence-electron chi connectivity index (χ2n) is 4.86. The Hall–Kier alpha value is -1.17. The number of hydrogen-bond donors (Lipinski definition) is 1. The number of benzene rings is 1. The average molecular weight is 330 g/mol. The van der Waals surface area contributed by atoms with Gasteiger partial charge < -0.3 is 9.64 Å². The minimum Gasteiger partial charge on any atom is -0.374 e. The van der Waals surface area contributed by atoms with E-state index in [1.54, 1.807) is 0 Å². The van der Waals surface area contributed by atoms with Crippen molar-refractivity contribution in [1.82, 2.24) is 9.62 Å². The maximum absolute atomic E-state index is 12.2. The Morgan fingerprint density at radius 3 is 2.95 bits per heavy atom. The van der Waals surface area contributed by atoms with Crippen LogP contribution in [-0.2, 0) is 14.8 Å². The molecule has 0 aromatic heterocycles. The van der Waals surface area contributed by atoms with Crippen LogP contribution in [0.2, 0.25) is 5.02 Å². The average Bonchev–Trinajstić information content (AvgIpc) is 2.45. The number of sulfonamides is 1. The maximum Gasteiger partial charge on any atom is 0.242 e. The van der Waals surface area contributed by atoms with E-state index in [-0.39, 0.29) is 22.6 Å². The van der Waals surface area contributed by atoms with E-state index in [0.29, 0.717) is 18.7 Å². The van der Waals surface area contributed by atoms with Crippen molar-refractivity contribution >= 4 is 21.6 Å². The second-order valence-corrected chi connectivity index (χ2v) is 7.01. The molecular formula is C13H16ClN3O3S. The smallest absolute Gasteiger partial charge is 0.242 e.